The van der Waals surface area contributed by atoms with E-state index in [4.69, 9.17) is 4.74 Å². The third-order valence-electron chi connectivity index (χ3n) is 5.66. The Labute approximate surface area is 147 Å². The third-order valence-corrected chi connectivity index (χ3v) is 5.66. The summed E-state index contributed by atoms with van der Waals surface area (Å²) in [7, 11) is 0. The van der Waals surface area contributed by atoms with Gasteiger partial charge in [-0.05, 0) is 32.1 Å². The molecule has 3 fully saturated rings. The van der Waals surface area contributed by atoms with E-state index in [9.17, 15) is 9.90 Å². The summed E-state index contributed by atoms with van der Waals surface area (Å²) in [6.45, 7) is 2.87. The number of aliphatic hydroxyl groups excluding tert-OH is 1. The van der Waals surface area contributed by atoms with Crippen molar-refractivity contribution in [2.24, 2.45) is 5.92 Å². The second-order valence-corrected chi connectivity index (χ2v) is 7.45. The second kappa shape index (κ2) is 7.25. The van der Waals surface area contributed by atoms with Crippen molar-refractivity contribution in [2.75, 3.05) is 31.2 Å². The predicted octanol–water partition coefficient (Wildman–Crippen LogP) is 0.836. The molecule has 1 atom stereocenters. The molecule has 1 aliphatic carbocycles. The van der Waals surface area contributed by atoms with Crippen LogP contribution in [0.15, 0.2) is 12.4 Å². The van der Waals surface area contributed by atoms with Crippen LogP contribution in [0.5, 0.6) is 0 Å². The van der Waals surface area contributed by atoms with Crippen LogP contribution in [0, 0.1) is 5.92 Å². The fraction of sp³-hybridized carbons (Fsp3) is 0.722. The van der Waals surface area contributed by atoms with Crippen LogP contribution in [-0.2, 0) is 9.53 Å². The molecule has 7 nitrogen and oxygen atoms in total. The molecular formula is C18H26N4O3. The minimum atomic E-state index is -0.258. The van der Waals surface area contributed by atoms with E-state index in [1.165, 1.54) is 0 Å². The molecule has 1 amide bonds. The summed E-state index contributed by atoms with van der Waals surface area (Å²) < 4.78 is 5.32. The number of nitrogens with zero attached hydrogens (tertiary/aromatic N) is 3. The number of carbonyl (C=O) groups excluding carboxylic acids is 1. The number of β-amino-alcohol motifs (C(OH)–C–C–N with tert-alkyl or cyclic N) is 1. The average Bonchev–Trinajstić information content (AvgIpc) is 3.05. The predicted molar refractivity (Wildman–Crippen MR) is 92.3 cm³/mol. The first kappa shape index (κ1) is 16.7. The van der Waals surface area contributed by atoms with Crippen molar-refractivity contribution in [3.63, 3.8) is 0 Å². The van der Waals surface area contributed by atoms with E-state index in [0.717, 1.165) is 50.2 Å². The van der Waals surface area contributed by atoms with E-state index < -0.39 is 0 Å². The lowest BCUT2D eigenvalue weighted by atomic mass is 9.77. The van der Waals surface area contributed by atoms with Gasteiger partial charge >= 0.3 is 0 Å². The molecule has 2 aliphatic heterocycles. The highest BCUT2D eigenvalue weighted by Crippen LogP contribution is 2.37. The molecule has 4 rings (SSSR count). The highest BCUT2D eigenvalue weighted by molar-refractivity contribution is 5.79. The maximum Gasteiger partial charge on any atom is 0.223 e. The summed E-state index contributed by atoms with van der Waals surface area (Å²) in [6, 6.07) is 2.30. The van der Waals surface area contributed by atoms with E-state index in [1.54, 1.807) is 6.33 Å². The molecule has 2 saturated heterocycles. The van der Waals surface area contributed by atoms with Crippen molar-refractivity contribution in [1.82, 2.24) is 15.3 Å². The van der Waals surface area contributed by atoms with E-state index in [1.807, 2.05) is 6.07 Å². The normalized spacial score (nSPS) is 30.1. The molecule has 3 aliphatic rings. The molecule has 2 N–H and O–H groups in total. The molecule has 7 heteroatoms. The Morgan fingerprint density at radius 1 is 1.24 bits per heavy atom. The van der Waals surface area contributed by atoms with Crippen LogP contribution in [-0.4, -0.2) is 59.4 Å². The zero-order valence-electron chi connectivity index (χ0n) is 14.4. The van der Waals surface area contributed by atoms with Gasteiger partial charge in [-0.3, -0.25) is 4.79 Å². The minimum Gasteiger partial charge on any atom is -0.391 e. The van der Waals surface area contributed by atoms with E-state index >= 15 is 0 Å². The molecule has 0 spiro atoms. The van der Waals surface area contributed by atoms with Crippen LogP contribution in [0.25, 0.3) is 0 Å². The fourth-order valence-electron chi connectivity index (χ4n) is 3.96. The molecule has 0 aromatic carbocycles. The van der Waals surface area contributed by atoms with Crippen LogP contribution >= 0.6 is 0 Å². The molecule has 3 heterocycles. The Hall–Kier alpha value is -1.73. The van der Waals surface area contributed by atoms with Gasteiger partial charge in [0.25, 0.3) is 0 Å². The van der Waals surface area contributed by atoms with Gasteiger partial charge in [-0.25, -0.2) is 9.97 Å². The van der Waals surface area contributed by atoms with Gasteiger partial charge in [0.1, 0.15) is 12.1 Å². The first-order valence-electron chi connectivity index (χ1n) is 9.32. The van der Waals surface area contributed by atoms with Crippen molar-refractivity contribution in [3.8, 4) is 0 Å². The zero-order valence-corrected chi connectivity index (χ0v) is 14.4. The van der Waals surface area contributed by atoms with Crippen LogP contribution in [0.4, 0.5) is 5.82 Å². The Morgan fingerprint density at radius 2 is 2.04 bits per heavy atom. The van der Waals surface area contributed by atoms with Crippen LogP contribution in [0.1, 0.15) is 43.7 Å². The first-order chi connectivity index (χ1) is 12.2. The summed E-state index contributed by atoms with van der Waals surface area (Å²) in [4.78, 5) is 23.2. The molecule has 1 saturated carbocycles. The monoisotopic (exact) mass is 346 g/mol. The number of ether oxygens (including phenoxy) is 1. The lowest BCUT2D eigenvalue weighted by molar-refractivity contribution is -0.129. The fourth-order valence-corrected chi connectivity index (χ4v) is 3.96. The van der Waals surface area contributed by atoms with Crippen molar-refractivity contribution in [2.45, 2.75) is 50.2 Å². The highest BCUT2D eigenvalue weighted by Gasteiger charge is 2.34. The van der Waals surface area contributed by atoms with Gasteiger partial charge in [0.15, 0.2) is 0 Å². The number of aromatic nitrogens is 2. The van der Waals surface area contributed by atoms with Gasteiger partial charge in [-0.1, -0.05) is 0 Å². The Balaban J connectivity index is 1.29. The topological polar surface area (TPSA) is 87.6 Å². The van der Waals surface area contributed by atoms with Gasteiger partial charge in [0.05, 0.1) is 6.10 Å². The Morgan fingerprint density at radius 3 is 2.76 bits per heavy atom. The molecule has 1 aromatic rings. The minimum absolute atomic E-state index is 0.111. The number of hydrogen-bond donors (Lipinski definition) is 2. The zero-order chi connectivity index (χ0) is 17.2. The van der Waals surface area contributed by atoms with Gasteiger partial charge in [-0.15, -0.1) is 0 Å². The standard InChI is InChI=1S/C18H26N4O3/c23-15-1-4-22(10-15)17-9-16(19-11-20-17)13-7-14(8-13)21-18(24)12-2-5-25-6-3-12/h9,11-15,23H,1-8,10H2,(H,21,24). The molecule has 1 unspecified atom stereocenters. The number of anilines is 1. The van der Waals surface area contributed by atoms with Crippen molar-refractivity contribution in [3.05, 3.63) is 18.1 Å². The van der Waals surface area contributed by atoms with Crippen LogP contribution in [0.3, 0.4) is 0 Å². The SMILES string of the molecule is O=C(NC1CC(c2cc(N3CCC(O)C3)ncn2)C1)C1CCOCC1. The van der Waals surface area contributed by atoms with Crippen LogP contribution < -0.4 is 10.2 Å². The van der Waals surface area contributed by atoms with Gasteiger partial charge in [0, 0.05) is 55.9 Å². The molecule has 136 valence electrons. The second-order valence-electron chi connectivity index (χ2n) is 7.45. The number of carbonyl (C=O) groups is 1. The van der Waals surface area contributed by atoms with Crippen molar-refractivity contribution in [1.29, 1.82) is 0 Å². The van der Waals surface area contributed by atoms with E-state index in [2.05, 4.69) is 20.2 Å². The maximum absolute atomic E-state index is 12.3. The summed E-state index contributed by atoms with van der Waals surface area (Å²) >= 11 is 0. The lowest BCUT2D eigenvalue weighted by Crippen LogP contribution is -2.46. The number of hydrogen-bond acceptors (Lipinski definition) is 6. The lowest BCUT2D eigenvalue weighted by Gasteiger charge is -2.36. The molecule has 1 aromatic heterocycles. The number of amides is 1. The maximum atomic E-state index is 12.3. The van der Waals surface area contributed by atoms with Gasteiger partial charge in [-0.2, -0.15) is 0 Å². The van der Waals surface area contributed by atoms with Crippen LogP contribution in [0.2, 0.25) is 0 Å². The highest BCUT2D eigenvalue weighted by atomic mass is 16.5. The average molecular weight is 346 g/mol. The van der Waals surface area contributed by atoms with Gasteiger partial charge in [0.2, 0.25) is 5.91 Å². The van der Waals surface area contributed by atoms with Gasteiger partial charge < -0.3 is 20.1 Å². The quantitative estimate of drug-likeness (QED) is 0.840. The molecule has 0 radical (unpaired) electrons. The van der Waals surface area contributed by atoms with Crippen molar-refractivity contribution < 1.29 is 14.6 Å². The number of rotatable bonds is 4. The van der Waals surface area contributed by atoms with E-state index in [-0.39, 0.29) is 24.0 Å². The Bertz CT molecular complexity index is 614. The number of aliphatic hydroxyl groups is 1. The number of nitrogens with one attached hydrogen (secondary N) is 1. The summed E-state index contributed by atoms with van der Waals surface area (Å²) in [5, 5.41) is 12.9. The summed E-state index contributed by atoms with van der Waals surface area (Å²) in [5.74, 6) is 1.58. The first-order valence-corrected chi connectivity index (χ1v) is 9.32. The molecular weight excluding hydrogens is 320 g/mol. The van der Waals surface area contributed by atoms with Crippen molar-refractivity contribution >= 4 is 11.7 Å². The summed E-state index contributed by atoms with van der Waals surface area (Å²) in [5.41, 5.74) is 1.04. The summed E-state index contributed by atoms with van der Waals surface area (Å²) in [6.07, 6.45) is 5.69. The molecule has 25 heavy (non-hydrogen) atoms. The Kier molecular flexibility index (Phi) is 4.85. The largest absolute Gasteiger partial charge is 0.391 e. The third kappa shape index (κ3) is 3.77. The molecule has 0 bridgehead atoms. The van der Waals surface area contributed by atoms with E-state index in [0.29, 0.717) is 25.7 Å². The smallest absolute Gasteiger partial charge is 0.223 e.